The van der Waals surface area contributed by atoms with Crippen LogP contribution in [0, 0.1) is 11.6 Å². The summed E-state index contributed by atoms with van der Waals surface area (Å²) in [6.07, 6.45) is 1.43. The van der Waals surface area contributed by atoms with Gasteiger partial charge >= 0.3 is 0 Å². The highest BCUT2D eigenvalue weighted by Gasteiger charge is 2.23. The maximum atomic E-state index is 13.9. The Morgan fingerprint density at radius 2 is 2.00 bits per heavy atom. The van der Waals surface area contributed by atoms with Gasteiger partial charge in [0.05, 0.1) is 5.56 Å². The predicted molar refractivity (Wildman–Crippen MR) is 73.6 cm³/mol. The number of hydrogen-bond donors (Lipinski definition) is 2. The van der Waals surface area contributed by atoms with Crippen LogP contribution in [0.1, 0.15) is 17.3 Å². The number of nitrogens with one attached hydrogen (secondary N) is 1. The van der Waals surface area contributed by atoms with Crippen molar-refractivity contribution in [1.82, 2.24) is 5.32 Å². The minimum absolute atomic E-state index is 0.0391. The van der Waals surface area contributed by atoms with Crippen molar-refractivity contribution >= 4 is 26.7 Å². The fraction of sp³-hybridized carbons (Fsp3) is 0.364. The van der Waals surface area contributed by atoms with Gasteiger partial charge in [0.15, 0.2) is 5.82 Å². The molecule has 1 rings (SSSR count). The van der Waals surface area contributed by atoms with Gasteiger partial charge in [-0.15, -0.1) is 0 Å². The molecule has 0 heterocycles. The van der Waals surface area contributed by atoms with E-state index in [1.807, 2.05) is 0 Å². The van der Waals surface area contributed by atoms with Crippen LogP contribution in [-0.2, 0) is 20.8 Å². The van der Waals surface area contributed by atoms with Crippen molar-refractivity contribution in [3.8, 4) is 0 Å². The van der Waals surface area contributed by atoms with E-state index in [1.165, 1.54) is 6.26 Å². The second-order valence-corrected chi connectivity index (χ2v) is 7.66. The number of primary sulfonamides is 1. The molecule has 0 aliphatic heterocycles. The van der Waals surface area contributed by atoms with Crippen LogP contribution in [0.4, 0.5) is 8.78 Å². The molecule has 6 nitrogen and oxygen atoms in total. The first-order valence-corrected chi connectivity index (χ1v) is 8.83. The quantitative estimate of drug-likeness (QED) is 0.793. The van der Waals surface area contributed by atoms with E-state index in [-0.39, 0.29) is 6.54 Å². The molecule has 10 heteroatoms. The van der Waals surface area contributed by atoms with Crippen LogP contribution < -0.4 is 10.5 Å². The third-order valence-corrected chi connectivity index (χ3v) is 4.88. The molecule has 0 aliphatic carbocycles. The average molecular weight is 340 g/mol. The highest BCUT2D eigenvalue weighted by atomic mass is 32.2. The van der Waals surface area contributed by atoms with Gasteiger partial charge in [-0.25, -0.2) is 22.3 Å². The molecule has 0 aromatic heterocycles. The van der Waals surface area contributed by atoms with Crippen LogP contribution in [-0.4, -0.2) is 36.6 Å². The van der Waals surface area contributed by atoms with Crippen LogP contribution in [0.3, 0.4) is 0 Å². The van der Waals surface area contributed by atoms with Crippen LogP contribution in [0.2, 0.25) is 0 Å². The molecular formula is C11H14F2N2O4S2. The number of hydrogen-bond acceptors (Lipinski definition) is 4. The van der Waals surface area contributed by atoms with E-state index in [9.17, 15) is 26.2 Å². The standard InChI is InChI=1S/C11H14F2N2O4S2/c1-6(20(2)17)5-15-11(16)8-3-7(12)4-9(10(8)13)21(14,18)19/h3-4,6H,5H2,1-2H3,(H,15,16)(H2,14,18,19). The molecule has 0 radical (unpaired) electrons. The molecule has 1 aromatic carbocycles. The summed E-state index contributed by atoms with van der Waals surface area (Å²) < 4.78 is 60.6. The molecule has 0 saturated heterocycles. The second kappa shape index (κ2) is 6.58. The number of rotatable bonds is 5. The molecule has 118 valence electrons. The zero-order chi connectivity index (χ0) is 16.4. The molecule has 1 amide bonds. The topological polar surface area (TPSA) is 106 Å². The minimum Gasteiger partial charge on any atom is -0.351 e. The largest absolute Gasteiger partial charge is 0.351 e. The molecule has 0 aliphatic rings. The molecule has 0 bridgehead atoms. The highest BCUT2D eigenvalue weighted by molar-refractivity contribution is 7.89. The maximum Gasteiger partial charge on any atom is 0.254 e. The molecule has 3 N–H and O–H groups in total. The number of carbonyl (C=O) groups excluding carboxylic acids is 1. The van der Waals surface area contributed by atoms with E-state index in [2.05, 4.69) is 5.32 Å². The Kier molecular flexibility index (Phi) is 5.54. The van der Waals surface area contributed by atoms with Crippen molar-refractivity contribution in [3.05, 3.63) is 29.3 Å². The van der Waals surface area contributed by atoms with Crippen molar-refractivity contribution in [3.63, 3.8) is 0 Å². The lowest BCUT2D eigenvalue weighted by molar-refractivity contribution is 0.0949. The summed E-state index contributed by atoms with van der Waals surface area (Å²) in [6.45, 7) is 1.55. The van der Waals surface area contributed by atoms with E-state index in [0.29, 0.717) is 12.1 Å². The van der Waals surface area contributed by atoms with Gasteiger partial charge in [-0.1, -0.05) is 0 Å². The van der Waals surface area contributed by atoms with Crippen LogP contribution in [0.25, 0.3) is 0 Å². The van der Waals surface area contributed by atoms with Crippen LogP contribution in [0.15, 0.2) is 17.0 Å². The van der Waals surface area contributed by atoms with Crippen molar-refractivity contribution in [1.29, 1.82) is 0 Å². The van der Waals surface area contributed by atoms with Crippen LogP contribution >= 0.6 is 0 Å². The molecule has 0 saturated carbocycles. The fourth-order valence-corrected chi connectivity index (χ4v) is 2.34. The lowest BCUT2D eigenvalue weighted by Gasteiger charge is -2.11. The third kappa shape index (κ3) is 4.55. The molecular weight excluding hydrogens is 326 g/mol. The summed E-state index contributed by atoms with van der Waals surface area (Å²) in [5, 5.41) is 6.60. The van der Waals surface area contributed by atoms with Crippen molar-refractivity contribution < 1.29 is 26.2 Å². The van der Waals surface area contributed by atoms with Crippen molar-refractivity contribution in [2.45, 2.75) is 17.1 Å². The number of halogens is 2. The zero-order valence-electron chi connectivity index (χ0n) is 11.2. The lowest BCUT2D eigenvalue weighted by atomic mass is 10.2. The van der Waals surface area contributed by atoms with Gasteiger partial charge in [-0.05, 0) is 19.1 Å². The Balaban J connectivity index is 3.11. The minimum atomic E-state index is -4.50. The second-order valence-electron chi connectivity index (χ2n) is 4.33. The van der Waals surface area contributed by atoms with E-state index in [0.717, 1.165) is 0 Å². The Hall–Kier alpha value is -1.39. The summed E-state index contributed by atoms with van der Waals surface area (Å²) in [4.78, 5) is 10.7. The normalized spacial score (nSPS) is 14.5. The molecule has 21 heavy (non-hydrogen) atoms. The third-order valence-electron chi connectivity index (χ3n) is 2.67. The predicted octanol–water partition coefficient (Wildman–Crippen LogP) is 0.109. The van der Waals surface area contributed by atoms with Crippen molar-refractivity contribution in [2.75, 3.05) is 12.8 Å². The molecule has 2 unspecified atom stereocenters. The van der Waals surface area contributed by atoms with Gasteiger partial charge in [-0.3, -0.25) is 9.00 Å². The number of amides is 1. The molecule has 0 spiro atoms. The number of sulfonamides is 1. The van der Waals surface area contributed by atoms with Crippen molar-refractivity contribution in [2.24, 2.45) is 5.14 Å². The Labute approximate surface area is 123 Å². The average Bonchev–Trinajstić information content (AvgIpc) is 2.36. The Bertz CT molecular complexity index is 692. The van der Waals surface area contributed by atoms with Gasteiger partial charge in [0, 0.05) is 28.9 Å². The van der Waals surface area contributed by atoms with Gasteiger partial charge in [0.1, 0.15) is 10.7 Å². The summed E-state index contributed by atoms with van der Waals surface area (Å²) >= 11 is 0. The molecule has 1 aromatic rings. The summed E-state index contributed by atoms with van der Waals surface area (Å²) in [5.41, 5.74) is -0.784. The van der Waals surface area contributed by atoms with Gasteiger partial charge in [0.25, 0.3) is 5.91 Å². The number of benzene rings is 1. The zero-order valence-corrected chi connectivity index (χ0v) is 12.9. The van der Waals surface area contributed by atoms with E-state index < -0.39 is 54.1 Å². The van der Waals surface area contributed by atoms with E-state index in [4.69, 9.17) is 5.14 Å². The van der Waals surface area contributed by atoms with Crippen LogP contribution in [0.5, 0.6) is 0 Å². The first-order valence-electron chi connectivity index (χ1n) is 5.66. The lowest BCUT2D eigenvalue weighted by Crippen LogP contribution is -2.33. The first-order chi connectivity index (χ1) is 9.54. The smallest absolute Gasteiger partial charge is 0.254 e. The SMILES string of the molecule is CC(CNC(=O)c1cc(F)cc(S(N)(=O)=O)c1F)S(C)=O. The summed E-state index contributed by atoms with van der Waals surface area (Å²) in [6, 6.07) is 0.956. The summed E-state index contributed by atoms with van der Waals surface area (Å²) in [7, 11) is -5.71. The van der Waals surface area contributed by atoms with Gasteiger partial charge in [0.2, 0.25) is 10.0 Å². The monoisotopic (exact) mass is 340 g/mol. The van der Waals surface area contributed by atoms with E-state index in [1.54, 1.807) is 6.92 Å². The van der Waals surface area contributed by atoms with Gasteiger partial charge < -0.3 is 5.32 Å². The fourth-order valence-electron chi connectivity index (χ4n) is 1.39. The highest BCUT2D eigenvalue weighted by Crippen LogP contribution is 2.19. The maximum absolute atomic E-state index is 13.9. The Morgan fingerprint density at radius 3 is 2.48 bits per heavy atom. The molecule has 2 atom stereocenters. The van der Waals surface area contributed by atoms with E-state index >= 15 is 0 Å². The van der Waals surface area contributed by atoms with Gasteiger partial charge in [-0.2, -0.15) is 0 Å². The Morgan fingerprint density at radius 1 is 1.43 bits per heavy atom. The molecule has 0 fully saturated rings. The number of carbonyl (C=O) groups is 1. The first kappa shape index (κ1) is 17.7. The number of nitrogens with two attached hydrogens (primary N) is 1. The summed E-state index contributed by atoms with van der Waals surface area (Å²) in [5.74, 6) is -3.56.